The molecule has 0 spiro atoms. The number of ether oxygens (including phenoxy) is 1. The van der Waals surface area contributed by atoms with Crippen molar-refractivity contribution in [2.45, 2.75) is 44.2 Å². The molecule has 3 rings (SSSR count). The summed E-state index contributed by atoms with van der Waals surface area (Å²) < 4.78 is 5.79. The first-order chi connectivity index (χ1) is 10.1. The van der Waals surface area contributed by atoms with E-state index in [1.165, 1.54) is 24.8 Å². The normalized spacial score (nSPS) is 32.6. The van der Waals surface area contributed by atoms with Crippen molar-refractivity contribution in [3.63, 3.8) is 0 Å². The van der Waals surface area contributed by atoms with Crippen LogP contribution in [-0.4, -0.2) is 37.2 Å². The largest absolute Gasteiger partial charge is 0.381 e. The van der Waals surface area contributed by atoms with E-state index < -0.39 is 0 Å². The van der Waals surface area contributed by atoms with Crippen LogP contribution in [0.1, 0.15) is 37.7 Å². The number of halogens is 2. The van der Waals surface area contributed by atoms with Gasteiger partial charge in [-0.2, -0.15) is 0 Å². The summed E-state index contributed by atoms with van der Waals surface area (Å²) in [6.45, 7) is 3.69. The van der Waals surface area contributed by atoms with Gasteiger partial charge in [0.25, 0.3) is 0 Å². The van der Waals surface area contributed by atoms with E-state index in [1.807, 2.05) is 6.07 Å². The molecule has 0 N–H and O–H groups in total. The maximum atomic E-state index is 6.23. The van der Waals surface area contributed by atoms with E-state index in [0.717, 1.165) is 13.2 Å². The predicted octanol–water partition coefficient (Wildman–Crippen LogP) is 4.60. The van der Waals surface area contributed by atoms with Gasteiger partial charge >= 0.3 is 0 Å². The minimum absolute atomic E-state index is 0.528. The van der Waals surface area contributed by atoms with Crippen LogP contribution in [0.4, 0.5) is 0 Å². The summed E-state index contributed by atoms with van der Waals surface area (Å²) in [6, 6.07) is 7.46. The van der Waals surface area contributed by atoms with Crippen molar-refractivity contribution in [3.8, 4) is 0 Å². The van der Waals surface area contributed by atoms with Gasteiger partial charge in [-0.25, -0.2) is 0 Å². The molecule has 1 unspecified atom stereocenters. The van der Waals surface area contributed by atoms with Crippen molar-refractivity contribution in [3.05, 3.63) is 33.8 Å². The van der Waals surface area contributed by atoms with Crippen molar-refractivity contribution in [2.24, 2.45) is 5.92 Å². The standard InChI is InChI=1S/C17H23Cl2NO/c1-3-21-10-14-13(9-12-5-7-17(14)20(12)2)11-4-6-15(18)16(19)8-11/h4,6,8,12-14,17H,3,5,7,9-10H2,1-2H3/t12-,13+,14+,17?/m0/s1. The van der Waals surface area contributed by atoms with Crippen LogP contribution >= 0.6 is 23.2 Å². The van der Waals surface area contributed by atoms with Crippen molar-refractivity contribution in [2.75, 3.05) is 20.3 Å². The van der Waals surface area contributed by atoms with Gasteiger partial charge in [-0.3, -0.25) is 0 Å². The van der Waals surface area contributed by atoms with Gasteiger partial charge in [0, 0.05) is 24.6 Å². The van der Waals surface area contributed by atoms with Crippen LogP contribution in [0.25, 0.3) is 0 Å². The smallest absolute Gasteiger partial charge is 0.0595 e. The fourth-order valence-corrected chi connectivity index (χ4v) is 4.49. The van der Waals surface area contributed by atoms with E-state index in [1.54, 1.807) is 0 Å². The highest BCUT2D eigenvalue weighted by molar-refractivity contribution is 6.42. The monoisotopic (exact) mass is 327 g/mol. The third-order valence-corrected chi connectivity index (χ3v) is 6.06. The first kappa shape index (κ1) is 15.6. The maximum Gasteiger partial charge on any atom is 0.0595 e. The van der Waals surface area contributed by atoms with Crippen LogP contribution in [0.2, 0.25) is 10.0 Å². The van der Waals surface area contributed by atoms with Crippen LogP contribution in [0.5, 0.6) is 0 Å². The second-order valence-corrected chi connectivity index (χ2v) is 7.12. The quantitative estimate of drug-likeness (QED) is 0.801. The van der Waals surface area contributed by atoms with E-state index in [2.05, 4.69) is 31.0 Å². The molecule has 2 aliphatic heterocycles. The van der Waals surface area contributed by atoms with Crippen LogP contribution < -0.4 is 0 Å². The van der Waals surface area contributed by atoms with E-state index in [4.69, 9.17) is 27.9 Å². The van der Waals surface area contributed by atoms with Gasteiger partial charge in [-0.05, 0) is 56.8 Å². The molecule has 4 atom stereocenters. The molecule has 21 heavy (non-hydrogen) atoms. The molecule has 4 heteroatoms. The summed E-state index contributed by atoms with van der Waals surface area (Å²) in [5.74, 6) is 1.07. The molecule has 2 saturated heterocycles. The molecule has 0 amide bonds. The van der Waals surface area contributed by atoms with Gasteiger partial charge in [0.2, 0.25) is 0 Å². The number of rotatable bonds is 4. The van der Waals surface area contributed by atoms with Crippen LogP contribution in [0.15, 0.2) is 18.2 Å². The Morgan fingerprint density at radius 1 is 1.24 bits per heavy atom. The molecule has 0 aromatic heterocycles. The summed E-state index contributed by atoms with van der Waals surface area (Å²) in [6.07, 6.45) is 3.79. The highest BCUT2D eigenvalue weighted by Crippen LogP contribution is 2.46. The van der Waals surface area contributed by atoms with Gasteiger partial charge in [0.15, 0.2) is 0 Å². The Kier molecular flexibility index (Phi) is 4.80. The maximum absolute atomic E-state index is 6.23. The van der Waals surface area contributed by atoms with E-state index in [0.29, 0.717) is 34.0 Å². The number of benzene rings is 1. The van der Waals surface area contributed by atoms with E-state index >= 15 is 0 Å². The Balaban J connectivity index is 1.88. The molecule has 0 aliphatic carbocycles. The zero-order valence-corrected chi connectivity index (χ0v) is 14.2. The highest BCUT2D eigenvalue weighted by Gasteiger charge is 2.45. The van der Waals surface area contributed by atoms with Crippen LogP contribution in [0, 0.1) is 5.92 Å². The van der Waals surface area contributed by atoms with Crippen molar-refractivity contribution in [1.29, 1.82) is 0 Å². The average molecular weight is 328 g/mol. The average Bonchev–Trinajstić information content (AvgIpc) is 2.72. The molecule has 2 heterocycles. The third kappa shape index (κ3) is 2.96. The summed E-state index contributed by atoms with van der Waals surface area (Å²) in [5, 5.41) is 1.30. The van der Waals surface area contributed by atoms with Crippen molar-refractivity contribution >= 4 is 23.2 Å². The summed E-state index contributed by atoms with van der Waals surface area (Å²) in [7, 11) is 2.27. The lowest BCUT2D eigenvalue weighted by atomic mass is 9.76. The second-order valence-electron chi connectivity index (χ2n) is 6.30. The number of nitrogens with zero attached hydrogens (tertiary/aromatic N) is 1. The number of fused-ring (bicyclic) bond motifs is 2. The molecule has 0 radical (unpaired) electrons. The Morgan fingerprint density at radius 2 is 2.05 bits per heavy atom. The van der Waals surface area contributed by atoms with Gasteiger partial charge in [0.1, 0.15) is 0 Å². The second kappa shape index (κ2) is 6.45. The summed E-state index contributed by atoms with van der Waals surface area (Å²) in [5.41, 5.74) is 1.32. The minimum atomic E-state index is 0.528. The molecule has 1 aromatic rings. The third-order valence-electron chi connectivity index (χ3n) is 5.32. The Labute approximate surface area is 137 Å². The van der Waals surface area contributed by atoms with Gasteiger partial charge in [0.05, 0.1) is 16.7 Å². The Morgan fingerprint density at radius 3 is 2.76 bits per heavy atom. The zero-order valence-electron chi connectivity index (χ0n) is 12.7. The summed E-state index contributed by atoms with van der Waals surface area (Å²) in [4.78, 5) is 2.57. The highest BCUT2D eigenvalue weighted by atomic mass is 35.5. The van der Waals surface area contributed by atoms with Gasteiger partial charge < -0.3 is 9.64 Å². The van der Waals surface area contributed by atoms with Crippen molar-refractivity contribution < 1.29 is 4.74 Å². The summed E-state index contributed by atoms with van der Waals surface area (Å²) >= 11 is 12.3. The zero-order chi connectivity index (χ0) is 15.0. The fourth-order valence-electron chi connectivity index (χ4n) is 4.18. The molecular weight excluding hydrogens is 305 g/mol. The van der Waals surface area contributed by atoms with E-state index in [-0.39, 0.29) is 0 Å². The lowest BCUT2D eigenvalue weighted by Gasteiger charge is -2.43. The first-order valence-electron chi connectivity index (χ1n) is 7.86. The Hall–Kier alpha value is -0.280. The van der Waals surface area contributed by atoms with Crippen LogP contribution in [-0.2, 0) is 4.74 Å². The van der Waals surface area contributed by atoms with Crippen molar-refractivity contribution in [1.82, 2.24) is 4.90 Å². The molecule has 2 bridgehead atoms. The lowest BCUT2D eigenvalue weighted by molar-refractivity contribution is 0.0253. The lowest BCUT2D eigenvalue weighted by Crippen LogP contribution is -2.47. The fraction of sp³-hybridized carbons (Fsp3) is 0.647. The number of hydrogen-bond donors (Lipinski definition) is 0. The molecule has 1 aromatic carbocycles. The van der Waals surface area contributed by atoms with Gasteiger partial charge in [-0.1, -0.05) is 29.3 Å². The molecular formula is C17H23Cl2NO. The van der Waals surface area contributed by atoms with Crippen LogP contribution in [0.3, 0.4) is 0 Å². The molecule has 2 fully saturated rings. The Bertz CT molecular complexity index is 508. The van der Waals surface area contributed by atoms with E-state index in [9.17, 15) is 0 Å². The first-order valence-corrected chi connectivity index (χ1v) is 8.62. The number of piperidine rings is 1. The molecule has 116 valence electrons. The van der Waals surface area contributed by atoms with Gasteiger partial charge in [-0.15, -0.1) is 0 Å². The topological polar surface area (TPSA) is 12.5 Å². The predicted molar refractivity (Wildman–Crippen MR) is 88.4 cm³/mol. The SMILES string of the molecule is CCOC[C@H]1C2CC[C@@H](C[C@@H]1c1ccc(Cl)c(Cl)c1)N2C. The molecule has 0 saturated carbocycles. The number of hydrogen-bond acceptors (Lipinski definition) is 2. The molecule has 2 aliphatic rings. The molecule has 2 nitrogen and oxygen atoms in total. The minimum Gasteiger partial charge on any atom is -0.381 e.